The first-order valence-electron chi connectivity index (χ1n) is 13.2. The van der Waals surface area contributed by atoms with E-state index in [1.54, 1.807) is 32.0 Å². The quantitative estimate of drug-likeness (QED) is 0.488. The van der Waals surface area contributed by atoms with E-state index in [1.807, 2.05) is 12.1 Å². The van der Waals surface area contributed by atoms with Crippen molar-refractivity contribution in [2.75, 3.05) is 29.0 Å². The Kier molecular flexibility index (Phi) is 6.81. The molecule has 1 N–H and O–H groups in total. The van der Waals surface area contributed by atoms with Crippen molar-refractivity contribution < 1.29 is 22.7 Å². The second kappa shape index (κ2) is 9.78. The molecular weight excluding hydrogens is 488 g/mol. The van der Waals surface area contributed by atoms with Crippen LogP contribution in [0.2, 0.25) is 0 Å². The number of hydrogen-bond donors (Lipinski definition) is 1. The molecule has 0 radical (unpaired) electrons. The molecule has 0 aromatic heterocycles. The van der Waals surface area contributed by atoms with Gasteiger partial charge in [-0.15, -0.1) is 0 Å². The summed E-state index contributed by atoms with van der Waals surface area (Å²) in [5, 5.41) is 2.77. The van der Waals surface area contributed by atoms with Crippen LogP contribution in [0.15, 0.2) is 42.5 Å². The van der Waals surface area contributed by atoms with Gasteiger partial charge in [0.05, 0.1) is 24.1 Å². The summed E-state index contributed by atoms with van der Waals surface area (Å²) in [5.74, 6) is 1.53. The number of amides is 1. The fourth-order valence-electron chi connectivity index (χ4n) is 7.37. The molecule has 4 fully saturated rings. The first kappa shape index (κ1) is 25.8. The number of sulfonamides is 1. The number of esters is 1. The van der Waals surface area contributed by atoms with Crippen molar-refractivity contribution in [2.24, 2.45) is 17.8 Å². The molecule has 37 heavy (non-hydrogen) atoms. The van der Waals surface area contributed by atoms with E-state index >= 15 is 0 Å². The number of carbonyl (C=O) groups is 2. The third kappa shape index (κ3) is 5.13. The lowest BCUT2D eigenvalue weighted by molar-refractivity contribution is -0.114. The van der Waals surface area contributed by atoms with Crippen LogP contribution in [0.3, 0.4) is 0 Å². The predicted molar refractivity (Wildman–Crippen MR) is 144 cm³/mol. The lowest BCUT2D eigenvalue weighted by Crippen LogP contribution is -2.48. The van der Waals surface area contributed by atoms with Gasteiger partial charge in [0, 0.05) is 5.69 Å². The van der Waals surface area contributed by atoms with Gasteiger partial charge < -0.3 is 10.1 Å². The van der Waals surface area contributed by atoms with Gasteiger partial charge in [0.2, 0.25) is 15.9 Å². The van der Waals surface area contributed by atoms with E-state index in [1.165, 1.54) is 44.1 Å². The fourth-order valence-corrected chi connectivity index (χ4v) is 8.22. The van der Waals surface area contributed by atoms with E-state index in [4.69, 9.17) is 4.74 Å². The first-order chi connectivity index (χ1) is 17.6. The molecule has 198 valence electrons. The van der Waals surface area contributed by atoms with E-state index in [0.29, 0.717) is 22.5 Å². The molecule has 0 saturated heterocycles. The summed E-state index contributed by atoms with van der Waals surface area (Å²) in [6, 6.07) is 12.8. The average Bonchev–Trinajstić information content (AvgIpc) is 2.82. The zero-order chi connectivity index (χ0) is 26.4. The zero-order valence-corrected chi connectivity index (χ0v) is 22.6. The van der Waals surface area contributed by atoms with Gasteiger partial charge in [-0.3, -0.25) is 9.10 Å². The number of nitrogens with one attached hydrogen (secondary N) is 1. The van der Waals surface area contributed by atoms with Crippen LogP contribution in [-0.4, -0.2) is 39.7 Å². The molecule has 4 saturated carbocycles. The minimum absolute atomic E-state index is 0.224. The number of anilines is 2. The van der Waals surface area contributed by atoms with Crippen molar-refractivity contribution in [1.29, 1.82) is 0 Å². The second-order valence-electron chi connectivity index (χ2n) is 11.3. The van der Waals surface area contributed by atoms with Gasteiger partial charge in [0.15, 0.2) is 0 Å². The standard InChI is InChI=1S/C29H36N2O5S/c1-4-36-28(33)25-6-5-7-26(19(25)2)30-27(32)18-31(37(3,34)35)24-10-8-23(9-11-24)29-15-20-12-21(16-29)14-22(13-20)17-29/h5-11,20-22H,4,12-18H2,1-3H3,(H,30,32). The molecular formula is C29H36N2O5S. The number of carbonyl (C=O) groups excluding carboxylic acids is 2. The van der Waals surface area contributed by atoms with E-state index < -0.39 is 21.9 Å². The van der Waals surface area contributed by atoms with Crippen molar-refractivity contribution in [1.82, 2.24) is 0 Å². The Bertz CT molecular complexity index is 1270. The van der Waals surface area contributed by atoms with Gasteiger partial charge in [0.1, 0.15) is 6.54 Å². The Hall–Kier alpha value is -2.87. The van der Waals surface area contributed by atoms with Crippen molar-refractivity contribution in [2.45, 2.75) is 57.8 Å². The number of rotatable bonds is 8. The van der Waals surface area contributed by atoms with Crippen LogP contribution < -0.4 is 9.62 Å². The maximum absolute atomic E-state index is 13.0. The van der Waals surface area contributed by atoms with E-state index in [-0.39, 0.29) is 18.6 Å². The highest BCUT2D eigenvalue weighted by Gasteiger charge is 2.51. The Morgan fingerprint density at radius 3 is 2.14 bits per heavy atom. The smallest absolute Gasteiger partial charge is 0.338 e. The first-order valence-corrected chi connectivity index (χ1v) is 15.1. The monoisotopic (exact) mass is 524 g/mol. The minimum atomic E-state index is -3.70. The molecule has 2 aromatic carbocycles. The van der Waals surface area contributed by atoms with Crippen molar-refractivity contribution in [3.05, 3.63) is 59.2 Å². The molecule has 4 aliphatic rings. The van der Waals surface area contributed by atoms with E-state index in [9.17, 15) is 18.0 Å². The molecule has 0 aliphatic heterocycles. The largest absolute Gasteiger partial charge is 0.462 e. The van der Waals surface area contributed by atoms with Gasteiger partial charge in [-0.2, -0.15) is 0 Å². The second-order valence-corrected chi connectivity index (χ2v) is 13.2. The van der Waals surface area contributed by atoms with Crippen LogP contribution in [0.5, 0.6) is 0 Å². The number of nitrogens with zero attached hydrogens (tertiary/aromatic N) is 1. The van der Waals surface area contributed by atoms with E-state index in [0.717, 1.165) is 28.3 Å². The maximum atomic E-state index is 13.0. The highest BCUT2D eigenvalue weighted by Crippen LogP contribution is 2.60. The zero-order valence-electron chi connectivity index (χ0n) is 21.8. The predicted octanol–water partition coefficient (Wildman–Crippen LogP) is 5.04. The normalized spacial score (nSPS) is 26.1. The third-order valence-electron chi connectivity index (χ3n) is 8.60. The topological polar surface area (TPSA) is 92.8 Å². The maximum Gasteiger partial charge on any atom is 0.338 e. The fraction of sp³-hybridized carbons (Fsp3) is 0.517. The van der Waals surface area contributed by atoms with Crippen molar-refractivity contribution in [3.63, 3.8) is 0 Å². The van der Waals surface area contributed by atoms with Crippen molar-refractivity contribution in [3.8, 4) is 0 Å². The molecule has 0 unspecified atom stereocenters. The summed E-state index contributed by atoms with van der Waals surface area (Å²) in [4.78, 5) is 25.2. The lowest BCUT2D eigenvalue weighted by Gasteiger charge is -2.57. The van der Waals surface area contributed by atoms with Crippen LogP contribution in [0.25, 0.3) is 0 Å². The molecule has 6 rings (SSSR count). The molecule has 7 nitrogen and oxygen atoms in total. The van der Waals surface area contributed by atoms with Crippen LogP contribution >= 0.6 is 0 Å². The molecule has 2 aromatic rings. The highest BCUT2D eigenvalue weighted by molar-refractivity contribution is 7.92. The van der Waals surface area contributed by atoms with Gasteiger partial charge >= 0.3 is 5.97 Å². The molecule has 0 spiro atoms. The molecule has 4 bridgehead atoms. The van der Waals surface area contributed by atoms with Gasteiger partial charge in [-0.05, 0) is 111 Å². The Morgan fingerprint density at radius 1 is 1.00 bits per heavy atom. The summed E-state index contributed by atoms with van der Waals surface area (Å²) in [6.45, 7) is 3.34. The number of hydrogen-bond acceptors (Lipinski definition) is 5. The van der Waals surface area contributed by atoms with Crippen LogP contribution in [0.1, 0.15) is 66.9 Å². The van der Waals surface area contributed by atoms with Gasteiger partial charge in [-0.1, -0.05) is 18.2 Å². The van der Waals surface area contributed by atoms with E-state index in [2.05, 4.69) is 17.4 Å². The molecule has 0 heterocycles. The summed E-state index contributed by atoms with van der Waals surface area (Å²) in [6.07, 6.45) is 8.94. The molecule has 1 amide bonds. The molecule has 8 heteroatoms. The average molecular weight is 525 g/mol. The molecule has 0 atom stereocenters. The van der Waals surface area contributed by atoms with Crippen molar-refractivity contribution >= 4 is 33.3 Å². The van der Waals surface area contributed by atoms with Gasteiger partial charge in [-0.25, -0.2) is 13.2 Å². The van der Waals surface area contributed by atoms with Crippen LogP contribution in [0.4, 0.5) is 11.4 Å². The third-order valence-corrected chi connectivity index (χ3v) is 9.74. The van der Waals surface area contributed by atoms with Gasteiger partial charge in [0.25, 0.3) is 0 Å². The number of ether oxygens (including phenoxy) is 1. The Labute approximate surface area is 219 Å². The Balaban J connectivity index is 1.33. The van der Waals surface area contributed by atoms with Crippen LogP contribution in [0, 0.1) is 24.7 Å². The van der Waals surface area contributed by atoms with Crippen LogP contribution in [-0.2, 0) is 25.0 Å². The summed E-state index contributed by atoms with van der Waals surface area (Å²) in [5.41, 5.74) is 3.38. The minimum Gasteiger partial charge on any atom is -0.462 e. The molecule has 4 aliphatic carbocycles. The highest BCUT2D eigenvalue weighted by atomic mass is 32.2. The Morgan fingerprint density at radius 2 is 1.59 bits per heavy atom. The number of benzene rings is 2. The summed E-state index contributed by atoms with van der Waals surface area (Å²) in [7, 11) is -3.70. The summed E-state index contributed by atoms with van der Waals surface area (Å²) < 4.78 is 31.6. The SMILES string of the molecule is CCOC(=O)c1cccc(NC(=O)CN(c2ccc(C34CC5CC(CC(C5)C3)C4)cc2)S(C)(=O)=O)c1C. The summed E-state index contributed by atoms with van der Waals surface area (Å²) >= 11 is 0. The lowest BCUT2D eigenvalue weighted by atomic mass is 9.48.